The van der Waals surface area contributed by atoms with Gasteiger partial charge < -0.3 is 10.2 Å². The van der Waals surface area contributed by atoms with Gasteiger partial charge in [0.25, 0.3) is 0 Å². The van der Waals surface area contributed by atoms with Crippen LogP contribution in [0.1, 0.15) is 32.1 Å². The maximum Gasteiger partial charge on any atom is 0.152 e. The quantitative estimate of drug-likeness (QED) is 0.932. The molecule has 1 aromatic rings. The number of sulfone groups is 1. The molecule has 0 bridgehead atoms. The number of nitrogens with zero attached hydrogens (tertiary/aromatic N) is 1. The van der Waals surface area contributed by atoms with Gasteiger partial charge in [-0.25, -0.2) is 8.42 Å². The van der Waals surface area contributed by atoms with Gasteiger partial charge in [0.2, 0.25) is 0 Å². The summed E-state index contributed by atoms with van der Waals surface area (Å²) in [5, 5.41) is 3.48. The van der Waals surface area contributed by atoms with Crippen LogP contribution in [0.3, 0.4) is 0 Å². The number of para-hydroxylation sites is 2. The highest BCUT2D eigenvalue weighted by molar-refractivity contribution is 7.91. The van der Waals surface area contributed by atoms with Crippen LogP contribution < -0.4 is 10.2 Å². The van der Waals surface area contributed by atoms with Crippen molar-refractivity contribution >= 4 is 21.2 Å². The predicted molar refractivity (Wildman–Crippen MR) is 87.8 cm³/mol. The molecule has 0 aromatic heterocycles. The van der Waals surface area contributed by atoms with E-state index in [0.717, 1.165) is 31.6 Å². The molecule has 5 heteroatoms. The third kappa shape index (κ3) is 3.70. The van der Waals surface area contributed by atoms with Gasteiger partial charge in [-0.15, -0.1) is 0 Å². The minimum absolute atomic E-state index is 0.0506. The van der Waals surface area contributed by atoms with Crippen molar-refractivity contribution in [3.05, 3.63) is 24.3 Å². The molecule has 0 radical (unpaired) electrons. The SMILES string of the molecule is O=S1(=O)CCCC(Nc2ccccc2N2CCCCC2)C1. The number of hydrogen-bond acceptors (Lipinski definition) is 4. The van der Waals surface area contributed by atoms with Crippen LogP contribution in [0.15, 0.2) is 24.3 Å². The average Bonchev–Trinajstić information content (AvgIpc) is 2.48. The molecule has 1 unspecified atom stereocenters. The lowest BCUT2D eigenvalue weighted by molar-refractivity contribution is 0.561. The van der Waals surface area contributed by atoms with Gasteiger partial charge in [0.05, 0.1) is 22.9 Å². The summed E-state index contributed by atoms with van der Waals surface area (Å²) in [6.45, 7) is 2.20. The van der Waals surface area contributed by atoms with Crippen molar-refractivity contribution in [2.45, 2.75) is 38.1 Å². The van der Waals surface area contributed by atoms with Gasteiger partial charge in [0, 0.05) is 19.1 Å². The van der Waals surface area contributed by atoms with Gasteiger partial charge in [-0.2, -0.15) is 0 Å². The largest absolute Gasteiger partial charge is 0.380 e. The summed E-state index contributed by atoms with van der Waals surface area (Å²) in [6.07, 6.45) is 5.50. The molecular weight excluding hydrogens is 284 g/mol. The Kier molecular flexibility index (Phi) is 4.38. The van der Waals surface area contributed by atoms with Gasteiger partial charge in [-0.3, -0.25) is 0 Å². The minimum Gasteiger partial charge on any atom is -0.380 e. The molecule has 0 amide bonds. The molecule has 2 aliphatic heterocycles. The van der Waals surface area contributed by atoms with E-state index in [2.05, 4.69) is 28.4 Å². The fourth-order valence-electron chi connectivity index (χ4n) is 3.36. The van der Waals surface area contributed by atoms with E-state index in [9.17, 15) is 8.42 Å². The summed E-state index contributed by atoms with van der Waals surface area (Å²) < 4.78 is 23.6. The van der Waals surface area contributed by atoms with E-state index in [4.69, 9.17) is 0 Å². The maximum absolute atomic E-state index is 11.8. The first-order valence-electron chi connectivity index (χ1n) is 7.95. The molecule has 2 fully saturated rings. The molecule has 2 saturated heterocycles. The normalized spacial score (nSPS) is 25.5. The third-order valence-corrected chi connectivity index (χ3v) is 6.24. The molecule has 2 aliphatic rings. The molecular formula is C16H24N2O2S. The Labute approximate surface area is 127 Å². The van der Waals surface area contributed by atoms with Crippen LogP contribution in [0.4, 0.5) is 11.4 Å². The van der Waals surface area contributed by atoms with Crippen molar-refractivity contribution in [1.29, 1.82) is 0 Å². The zero-order chi connectivity index (χ0) is 14.7. The number of anilines is 2. The second kappa shape index (κ2) is 6.26. The van der Waals surface area contributed by atoms with E-state index >= 15 is 0 Å². The van der Waals surface area contributed by atoms with E-state index in [1.807, 2.05) is 6.07 Å². The average molecular weight is 308 g/mol. The second-order valence-electron chi connectivity index (χ2n) is 6.16. The lowest BCUT2D eigenvalue weighted by Crippen LogP contribution is -2.36. The van der Waals surface area contributed by atoms with Crippen LogP contribution in [-0.4, -0.2) is 39.1 Å². The molecule has 0 spiro atoms. The molecule has 3 rings (SSSR count). The summed E-state index contributed by atoms with van der Waals surface area (Å²) in [4.78, 5) is 2.42. The highest BCUT2D eigenvalue weighted by Gasteiger charge is 2.25. The van der Waals surface area contributed by atoms with Crippen LogP contribution in [0.25, 0.3) is 0 Å². The number of hydrogen-bond donors (Lipinski definition) is 1. The van der Waals surface area contributed by atoms with Gasteiger partial charge in [0.1, 0.15) is 0 Å². The van der Waals surface area contributed by atoms with Crippen LogP contribution >= 0.6 is 0 Å². The van der Waals surface area contributed by atoms with Gasteiger partial charge in [0.15, 0.2) is 9.84 Å². The van der Waals surface area contributed by atoms with E-state index in [0.29, 0.717) is 5.75 Å². The molecule has 4 nitrogen and oxygen atoms in total. The Hall–Kier alpha value is -1.23. The smallest absolute Gasteiger partial charge is 0.152 e. The minimum atomic E-state index is -2.87. The van der Waals surface area contributed by atoms with Gasteiger partial charge in [-0.05, 0) is 44.2 Å². The number of nitrogens with one attached hydrogen (secondary N) is 1. The maximum atomic E-state index is 11.8. The first kappa shape index (κ1) is 14.7. The van der Waals surface area contributed by atoms with Crippen LogP contribution in [0.5, 0.6) is 0 Å². The first-order valence-corrected chi connectivity index (χ1v) is 9.77. The predicted octanol–water partition coefficient (Wildman–Crippen LogP) is 2.67. The Morgan fingerprint density at radius 1 is 1.05 bits per heavy atom. The van der Waals surface area contributed by atoms with Gasteiger partial charge >= 0.3 is 0 Å². The zero-order valence-corrected chi connectivity index (χ0v) is 13.2. The lowest BCUT2D eigenvalue weighted by Gasteiger charge is -2.32. The second-order valence-corrected chi connectivity index (χ2v) is 8.39. The van der Waals surface area contributed by atoms with E-state index in [1.54, 1.807) is 0 Å². The molecule has 0 saturated carbocycles. The Balaban J connectivity index is 1.75. The zero-order valence-electron chi connectivity index (χ0n) is 12.4. The molecule has 2 heterocycles. The topological polar surface area (TPSA) is 49.4 Å². The van der Waals surface area contributed by atoms with Crippen molar-refractivity contribution in [3.63, 3.8) is 0 Å². The molecule has 116 valence electrons. The van der Waals surface area contributed by atoms with Crippen LogP contribution in [0, 0.1) is 0 Å². The highest BCUT2D eigenvalue weighted by Crippen LogP contribution is 2.30. The highest BCUT2D eigenvalue weighted by atomic mass is 32.2. The summed E-state index contributed by atoms with van der Waals surface area (Å²) in [5.74, 6) is 0.611. The molecule has 0 aliphatic carbocycles. The van der Waals surface area contributed by atoms with E-state index < -0.39 is 9.84 Å². The van der Waals surface area contributed by atoms with Crippen LogP contribution in [0.2, 0.25) is 0 Å². The summed E-state index contributed by atoms with van der Waals surface area (Å²) in [7, 11) is -2.87. The molecule has 1 N–H and O–H groups in total. The lowest BCUT2D eigenvalue weighted by atomic mass is 10.1. The van der Waals surface area contributed by atoms with Crippen molar-refractivity contribution in [3.8, 4) is 0 Å². The van der Waals surface area contributed by atoms with Crippen molar-refractivity contribution in [1.82, 2.24) is 0 Å². The molecule has 1 aromatic carbocycles. The van der Waals surface area contributed by atoms with Crippen molar-refractivity contribution in [2.75, 3.05) is 34.8 Å². The fraction of sp³-hybridized carbons (Fsp3) is 0.625. The van der Waals surface area contributed by atoms with Crippen molar-refractivity contribution in [2.24, 2.45) is 0 Å². The molecule has 1 atom stereocenters. The summed E-state index contributed by atoms with van der Waals surface area (Å²) in [5.41, 5.74) is 2.31. The standard InChI is InChI=1S/C16H24N2O2S/c19-21(20)12-6-7-14(13-21)17-15-8-2-3-9-16(15)18-10-4-1-5-11-18/h2-3,8-9,14,17H,1,4-7,10-13H2. The Morgan fingerprint density at radius 2 is 1.81 bits per heavy atom. The summed E-state index contributed by atoms with van der Waals surface area (Å²) in [6, 6.07) is 8.35. The Bertz CT molecular complexity index is 580. The van der Waals surface area contributed by atoms with E-state index in [-0.39, 0.29) is 11.8 Å². The van der Waals surface area contributed by atoms with Gasteiger partial charge in [-0.1, -0.05) is 12.1 Å². The third-order valence-electron chi connectivity index (χ3n) is 4.42. The van der Waals surface area contributed by atoms with Crippen molar-refractivity contribution < 1.29 is 8.42 Å². The summed E-state index contributed by atoms with van der Waals surface area (Å²) >= 11 is 0. The van der Waals surface area contributed by atoms with Crippen LogP contribution in [-0.2, 0) is 9.84 Å². The fourth-order valence-corrected chi connectivity index (χ4v) is 5.00. The molecule has 21 heavy (non-hydrogen) atoms. The monoisotopic (exact) mass is 308 g/mol. The Morgan fingerprint density at radius 3 is 2.57 bits per heavy atom. The first-order chi connectivity index (χ1) is 10.1. The van der Waals surface area contributed by atoms with E-state index in [1.165, 1.54) is 24.9 Å². The number of benzene rings is 1. The number of rotatable bonds is 3. The number of piperidine rings is 1.